The first-order valence-electron chi connectivity index (χ1n) is 12.3. The number of hydrogen-bond acceptors (Lipinski definition) is 5. The zero-order valence-corrected chi connectivity index (χ0v) is 19.9. The number of benzene rings is 3. The van der Waals surface area contributed by atoms with Gasteiger partial charge in [-0.2, -0.15) is 0 Å². The molecule has 2 atom stereocenters. The topological polar surface area (TPSA) is 78.9 Å². The Labute approximate surface area is 209 Å². The van der Waals surface area contributed by atoms with Gasteiger partial charge in [0.05, 0.1) is 12.1 Å². The van der Waals surface area contributed by atoms with Crippen molar-refractivity contribution in [1.82, 2.24) is 10.2 Å². The Bertz CT molecular complexity index is 1200. The van der Waals surface area contributed by atoms with E-state index >= 15 is 0 Å². The van der Waals surface area contributed by atoms with Crippen molar-refractivity contribution in [3.63, 3.8) is 0 Å². The number of hydrogen-bond donors (Lipinski definition) is 2. The lowest BCUT2D eigenvalue weighted by Crippen LogP contribution is -2.52. The molecule has 1 aliphatic heterocycles. The third-order valence-electron chi connectivity index (χ3n) is 6.68. The van der Waals surface area contributed by atoms with E-state index in [1.165, 1.54) is 12.1 Å². The molecule has 0 aromatic heterocycles. The average molecular weight is 489 g/mol. The molecule has 5 rings (SSSR count). The van der Waals surface area contributed by atoms with Crippen molar-refractivity contribution in [2.24, 2.45) is 0 Å². The van der Waals surface area contributed by atoms with Gasteiger partial charge in [0.15, 0.2) is 0 Å². The van der Waals surface area contributed by atoms with Gasteiger partial charge in [-0.1, -0.05) is 48.5 Å². The number of amides is 1. The van der Waals surface area contributed by atoms with E-state index in [1.54, 1.807) is 48.5 Å². The maximum Gasteiger partial charge on any atom is 0.292 e. The van der Waals surface area contributed by atoms with E-state index in [9.17, 15) is 19.1 Å². The fourth-order valence-corrected chi connectivity index (χ4v) is 4.24. The van der Waals surface area contributed by atoms with Crippen molar-refractivity contribution in [3.05, 3.63) is 89.7 Å². The van der Waals surface area contributed by atoms with Crippen molar-refractivity contribution in [2.75, 3.05) is 19.6 Å². The maximum atomic E-state index is 13.2. The second-order valence-corrected chi connectivity index (χ2v) is 9.48. The van der Waals surface area contributed by atoms with Crippen LogP contribution >= 0.6 is 0 Å². The molecule has 7 heteroatoms. The number of nitrogens with zero attached hydrogens (tertiary/aromatic N) is 1. The molecule has 0 radical (unpaired) electrons. The van der Waals surface area contributed by atoms with E-state index in [2.05, 4.69) is 10.2 Å². The normalized spacial score (nSPS) is 17.1. The zero-order chi connectivity index (χ0) is 25.1. The molecule has 2 N–H and O–H groups in total. The summed E-state index contributed by atoms with van der Waals surface area (Å²) in [5.41, 5.74) is 2.52. The van der Waals surface area contributed by atoms with Crippen LogP contribution in [0.3, 0.4) is 0 Å². The molecule has 2 aliphatic rings. The van der Waals surface area contributed by atoms with Crippen LogP contribution in [0, 0.1) is 5.82 Å². The van der Waals surface area contributed by atoms with Gasteiger partial charge in [0, 0.05) is 12.1 Å². The summed E-state index contributed by atoms with van der Waals surface area (Å²) in [4.78, 5) is 27.9. The highest BCUT2D eigenvalue weighted by atomic mass is 19.1. The fraction of sp³-hybridized carbons (Fsp3) is 0.310. The molecule has 0 bridgehead atoms. The van der Waals surface area contributed by atoms with Crippen LogP contribution in [0.1, 0.15) is 41.3 Å². The van der Waals surface area contributed by atoms with E-state index in [1.807, 2.05) is 12.1 Å². The molecule has 1 aliphatic carbocycles. The molecule has 1 saturated heterocycles. The predicted molar refractivity (Wildman–Crippen MR) is 134 cm³/mol. The van der Waals surface area contributed by atoms with Gasteiger partial charge in [0.25, 0.3) is 5.91 Å². The number of aliphatic hydroxyl groups excluding tert-OH is 1. The summed E-state index contributed by atoms with van der Waals surface area (Å²) in [6, 6.07) is 19.3. The minimum absolute atomic E-state index is 0.247. The summed E-state index contributed by atoms with van der Waals surface area (Å²) in [5.74, 6) is -0.992. The molecule has 36 heavy (non-hydrogen) atoms. The number of ketones is 1. The summed E-state index contributed by atoms with van der Waals surface area (Å²) >= 11 is 0. The third-order valence-corrected chi connectivity index (χ3v) is 6.68. The van der Waals surface area contributed by atoms with Gasteiger partial charge in [-0.3, -0.25) is 9.59 Å². The summed E-state index contributed by atoms with van der Waals surface area (Å²) in [5, 5.41) is 13.9. The molecule has 1 heterocycles. The monoisotopic (exact) mass is 488 g/mol. The number of Topliss-reactive ketones (excluding diaryl/α,β-unsaturated/α-hetero) is 1. The Hall–Kier alpha value is -3.55. The Morgan fingerprint density at radius 1 is 0.944 bits per heavy atom. The van der Waals surface area contributed by atoms with Crippen LogP contribution in [-0.4, -0.2) is 53.5 Å². The number of nitrogens with one attached hydrogen (secondary N) is 1. The molecule has 1 saturated carbocycles. The van der Waals surface area contributed by atoms with Crippen LogP contribution in [0.25, 0.3) is 11.1 Å². The van der Waals surface area contributed by atoms with Crippen molar-refractivity contribution in [3.8, 4) is 16.9 Å². The maximum absolute atomic E-state index is 13.2. The number of rotatable bonds is 10. The molecule has 1 amide bonds. The van der Waals surface area contributed by atoms with Crippen LogP contribution in [0.15, 0.2) is 72.8 Å². The number of halogens is 1. The van der Waals surface area contributed by atoms with Crippen LogP contribution in [0.2, 0.25) is 0 Å². The highest BCUT2D eigenvalue weighted by Gasteiger charge is 2.30. The van der Waals surface area contributed by atoms with Gasteiger partial charge < -0.3 is 20.1 Å². The predicted octanol–water partition coefficient (Wildman–Crippen LogP) is 4.14. The molecule has 2 unspecified atom stereocenters. The lowest BCUT2D eigenvalue weighted by molar-refractivity contribution is -0.118. The van der Waals surface area contributed by atoms with Crippen LogP contribution in [-0.2, 0) is 4.79 Å². The summed E-state index contributed by atoms with van der Waals surface area (Å²) in [6.45, 7) is 2.24. The second-order valence-electron chi connectivity index (χ2n) is 9.48. The van der Waals surface area contributed by atoms with E-state index in [0.29, 0.717) is 12.1 Å². The Morgan fingerprint density at radius 3 is 2.11 bits per heavy atom. The summed E-state index contributed by atoms with van der Waals surface area (Å²) in [7, 11) is 0. The minimum atomic E-state index is -0.974. The highest BCUT2D eigenvalue weighted by molar-refractivity contribution is 6.42. The van der Waals surface area contributed by atoms with E-state index in [-0.39, 0.29) is 17.5 Å². The number of carbonyl (C=O) groups is 2. The van der Waals surface area contributed by atoms with Crippen LogP contribution < -0.4 is 10.1 Å². The first kappa shape index (κ1) is 24.2. The van der Waals surface area contributed by atoms with Crippen molar-refractivity contribution >= 4 is 11.7 Å². The first-order chi connectivity index (χ1) is 17.5. The SMILES string of the molecule is O=C(NC(CN1CCC1)C(O)c1ccc(OC2CC2)cc1)C(=O)c1ccc(-c2ccc(F)cc2)cc1. The smallest absolute Gasteiger partial charge is 0.292 e. The van der Waals surface area contributed by atoms with E-state index in [0.717, 1.165) is 49.2 Å². The van der Waals surface area contributed by atoms with E-state index in [4.69, 9.17) is 4.74 Å². The minimum Gasteiger partial charge on any atom is -0.490 e. The van der Waals surface area contributed by atoms with Gasteiger partial charge in [-0.15, -0.1) is 0 Å². The molecule has 186 valence electrons. The molecule has 2 fully saturated rings. The molecule has 0 spiro atoms. The average Bonchev–Trinajstić information content (AvgIpc) is 3.69. The number of likely N-dealkylation sites (tertiary alicyclic amines) is 1. The van der Waals surface area contributed by atoms with Crippen molar-refractivity contribution in [2.45, 2.75) is 37.5 Å². The Kier molecular flexibility index (Phi) is 7.11. The molecular weight excluding hydrogens is 459 g/mol. The second kappa shape index (κ2) is 10.6. The van der Waals surface area contributed by atoms with Crippen molar-refractivity contribution in [1.29, 1.82) is 0 Å². The number of aliphatic hydroxyl groups is 1. The van der Waals surface area contributed by atoms with Crippen LogP contribution in [0.4, 0.5) is 4.39 Å². The summed E-state index contributed by atoms with van der Waals surface area (Å²) in [6.07, 6.45) is 2.52. The fourth-order valence-electron chi connectivity index (χ4n) is 4.24. The molecule has 6 nitrogen and oxygen atoms in total. The van der Waals surface area contributed by atoms with Gasteiger partial charge in [0.1, 0.15) is 17.7 Å². The van der Waals surface area contributed by atoms with Crippen LogP contribution in [0.5, 0.6) is 5.75 Å². The number of ether oxygens (including phenoxy) is 1. The number of carbonyl (C=O) groups excluding carboxylic acids is 2. The van der Waals surface area contributed by atoms with E-state index < -0.39 is 23.8 Å². The largest absolute Gasteiger partial charge is 0.490 e. The van der Waals surface area contributed by atoms with Gasteiger partial charge in [0.2, 0.25) is 5.78 Å². The lowest BCUT2D eigenvalue weighted by Gasteiger charge is -2.36. The van der Waals surface area contributed by atoms with Crippen molar-refractivity contribution < 1.29 is 23.8 Å². The van der Waals surface area contributed by atoms with Gasteiger partial charge in [-0.05, 0) is 73.3 Å². The zero-order valence-electron chi connectivity index (χ0n) is 19.9. The lowest BCUT2D eigenvalue weighted by atomic mass is 9.99. The van der Waals surface area contributed by atoms with Gasteiger partial charge in [-0.25, -0.2) is 4.39 Å². The summed E-state index contributed by atoms with van der Waals surface area (Å²) < 4.78 is 19.0. The van der Waals surface area contributed by atoms with Gasteiger partial charge >= 0.3 is 0 Å². The third kappa shape index (κ3) is 5.80. The molecule has 3 aromatic rings. The molecular formula is C29H29FN2O4. The standard InChI is InChI=1S/C29H29FN2O4/c30-23-10-6-20(7-11-23)19-2-4-22(5-3-19)28(34)29(35)31-26(18-32-16-1-17-32)27(33)21-8-12-24(13-9-21)36-25-14-15-25/h2-13,25-27,33H,1,14-18H2,(H,31,35). The first-order valence-corrected chi connectivity index (χ1v) is 12.3. The Balaban J connectivity index is 1.26. The highest BCUT2D eigenvalue weighted by Crippen LogP contribution is 2.28. The Morgan fingerprint density at radius 2 is 1.56 bits per heavy atom. The quantitative estimate of drug-likeness (QED) is 0.331. The molecule has 3 aromatic carbocycles.